The van der Waals surface area contributed by atoms with Crippen LogP contribution in [0.2, 0.25) is 10.0 Å². The molecule has 0 aliphatic rings. The number of hydrogen-bond acceptors (Lipinski definition) is 1. The second-order valence-corrected chi connectivity index (χ2v) is 5.24. The van der Waals surface area contributed by atoms with Crippen LogP contribution in [0.3, 0.4) is 0 Å². The van der Waals surface area contributed by atoms with Gasteiger partial charge in [-0.15, -0.1) is 0 Å². The van der Waals surface area contributed by atoms with Crippen molar-refractivity contribution < 1.29 is 8.78 Å². The molecule has 1 unspecified atom stereocenters. The van der Waals surface area contributed by atoms with Gasteiger partial charge in [-0.25, -0.2) is 8.78 Å². The fourth-order valence-corrected chi connectivity index (χ4v) is 2.48. The average Bonchev–Trinajstić information content (AvgIpc) is 2.42. The summed E-state index contributed by atoms with van der Waals surface area (Å²) < 4.78 is 27.3. The van der Waals surface area contributed by atoms with Crippen molar-refractivity contribution >= 4 is 23.2 Å². The first-order valence-electron chi connectivity index (χ1n) is 6.08. The van der Waals surface area contributed by atoms with Gasteiger partial charge in [0.05, 0.1) is 5.02 Å². The number of halogens is 4. The quantitative estimate of drug-likeness (QED) is 0.856. The molecule has 0 aliphatic carbocycles. The highest BCUT2D eigenvalue weighted by atomic mass is 35.5. The summed E-state index contributed by atoms with van der Waals surface area (Å²) >= 11 is 11.7. The first kappa shape index (κ1) is 15.2. The Morgan fingerprint density at radius 2 is 1.85 bits per heavy atom. The SMILES string of the molecule is CNC(Cc1ccc(Cl)cc1F)c1cccc(F)c1Cl. The molecule has 20 heavy (non-hydrogen) atoms. The minimum Gasteiger partial charge on any atom is -0.313 e. The zero-order valence-corrected chi connectivity index (χ0v) is 12.3. The van der Waals surface area contributed by atoms with E-state index in [-0.39, 0.29) is 16.9 Å². The largest absolute Gasteiger partial charge is 0.313 e. The molecule has 0 heterocycles. The average molecular weight is 316 g/mol. The molecule has 106 valence electrons. The molecule has 0 aliphatic heterocycles. The molecular formula is C15H13Cl2F2N. The van der Waals surface area contributed by atoms with E-state index in [1.54, 1.807) is 31.3 Å². The van der Waals surface area contributed by atoms with Gasteiger partial charge in [-0.2, -0.15) is 0 Å². The molecule has 1 nitrogen and oxygen atoms in total. The molecule has 0 spiro atoms. The minimum absolute atomic E-state index is 0.0567. The smallest absolute Gasteiger partial charge is 0.142 e. The van der Waals surface area contributed by atoms with E-state index in [9.17, 15) is 8.78 Å². The molecule has 0 radical (unpaired) electrons. The molecule has 1 atom stereocenters. The summed E-state index contributed by atoms with van der Waals surface area (Å²) in [5, 5.41) is 3.43. The third-order valence-electron chi connectivity index (χ3n) is 3.14. The van der Waals surface area contributed by atoms with Gasteiger partial charge in [0.25, 0.3) is 0 Å². The lowest BCUT2D eigenvalue weighted by atomic mass is 9.98. The van der Waals surface area contributed by atoms with Crippen molar-refractivity contribution in [1.82, 2.24) is 5.32 Å². The van der Waals surface area contributed by atoms with Crippen molar-refractivity contribution in [2.45, 2.75) is 12.5 Å². The van der Waals surface area contributed by atoms with Crippen LogP contribution in [0.25, 0.3) is 0 Å². The highest BCUT2D eigenvalue weighted by molar-refractivity contribution is 6.31. The van der Waals surface area contributed by atoms with Gasteiger partial charge in [-0.3, -0.25) is 0 Å². The van der Waals surface area contributed by atoms with E-state index in [0.29, 0.717) is 22.6 Å². The second-order valence-electron chi connectivity index (χ2n) is 4.42. The zero-order chi connectivity index (χ0) is 14.7. The highest BCUT2D eigenvalue weighted by Crippen LogP contribution is 2.28. The summed E-state index contributed by atoms with van der Waals surface area (Å²) in [5.74, 6) is -0.869. The maximum Gasteiger partial charge on any atom is 0.142 e. The Bertz CT molecular complexity index is 617. The Morgan fingerprint density at radius 1 is 1.10 bits per heavy atom. The minimum atomic E-state index is -0.485. The summed E-state index contributed by atoms with van der Waals surface area (Å²) in [7, 11) is 1.72. The van der Waals surface area contributed by atoms with Crippen molar-refractivity contribution in [3.8, 4) is 0 Å². The van der Waals surface area contributed by atoms with Crippen molar-refractivity contribution in [2.24, 2.45) is 0 Å². The van der Waals surface area contributed by atoms with Gasteiger partial charge in [0.1, 0.15) is 11.6 Å². The number of likely N-dealkylation sites (N-methyl/N-ethyl adjacent to an activating group) is 1. The predicted octanol–water partition coefficient (Wildman–Crippen LogP) is 4.77. The fraction of sp³-hybridized carbons (Fsp3) is 0.200. The van der Waals surface area contributed by atoms with E-state index in [1.807, 2.05) is 0 Å². The molecule has 0 aromatic heterocycles. The first-order chi connectivity index (χ1) is 9.52. The number of rotatable bonds is 4. The standard InChI is InChI=1S/C15H13Cl2F2N/c1-20-14(11-3-2-4-12(18)15(11)17)7-9-5-6-10(16)8-13(9)19/h2-6,8,14,20H,7H2,1H3. The lowest BCUT2D eigenvalue weighted by Gasteiger charge is -2.18. The molecule has 0 fully saturated rings. The Labute approximate surface area is 126 Å². The Morgan fingerprint density at radius 3 is 2.50 bits per heavy atom. The zero-order valence-electron chi connectivity index (χ0n) is 10.8. The Kier molecular flexibility index (Phi) is 4.97. The van der Waals surface area contributed by atoms with E-state index in [4.69, 9.17) is 23.2 Å². The second kappa shape index (κ2) is 6.53. The highest BCUT2D eigenvalue weighted by Gasteiger charge is 2.17. The van der Waals surface area contributed by atoms with Gasteiger partial charge < -0.3 is 5.32 Å². The van der Waals surface area contributed by atoms with Gasteiger partial charge in [0.15, 0.2) is 0 Å². The number of nitrogens with one attached hydrogen (secondary N) is 1. The fourth-order valence-electron chi connectivity index (χ4n) is 2.06. The number of hydrogen-bond donors (Lipinski definition) is 1. The first-order valence-corrected chi connectivity index (χ1v) is 6.83. The summed E-state index contributed by atoms with van der Waals surface area (Å²) in [5.41, 5.74) is 1.09. The van der Waals surface area contributed by atoms with Crippen LogP contribution in [-0.2, 0) is 6.42 Å². The van der Waals surface area contributed by atoms with E-state index in [2.05, 4.69) is 5.32 Å². The van der Waals surface area contributed by atoms with E-state index >= 15 is 0 Å². The Balaban J connectivity index is 2.31. The maximum atomic E-state index is 13.8. The van der Waals surface area contributed by atoms with E-state index < -0.39 is 5.82 Å². The molecular weight excluding hydrogens is 303 g/mol. The van der Waals surface area contributed by atoms with Crippen LogP contribution in [0.1, 0.15) is 17.2 Å². The summed E-state index contributed by atoms with van der Waals surface area (Å²) in [6.07, 6.45) is 0.350. The molecule has 0 bridgehead atoms. The van der Waals surface area contributed by atoms with Crippen molar-refractivity contribution in [1.29, 1.82) is 0 Å². The van der Waals surface area contributed by atoms with Gasteiger partial charge in [0.2, 0.25) is 0 Å². The van der Waals surface area contributed by atoms with Crippen LogP contribution in [0.15, 0.2) is 36.4 Å². The van der Waals surface area contributed by atoms with Crippen LogP contribution < -0.4 is 5.32 Å². The molecule has 2 aromatic rings. The lowest BCUT2D eigenvalue weighted by molar-refractivity contribution is 0.549. The number of benzene rings is 2. The predicted molar refractivity (Wildman–Crippen MR) is 78.3 cm³/mol. The normalized spacial score (nSPS) is 12.4. The van der Waals surface area contributed by atoms with Crippen molar-refractivity contribution in [2.75, 3.05) is 7.05 Å². The molecule has 0 saturated heterocycles. The van der Waals surface area contributed by atoms with Gasteiger partial charge >= 0.3 is 0 Å². The Hall–Kier alpha value is -1.16. The molecule has 2 rings (SSSR count). The van der Waals surface area contributed by atoms with Gasteiger partial charge in [-0.1, -0.05) is 41.4 Å². The van der Waals surface area contributed by atoms with Crippen LogP contribution in [0.4, 0.5) is 8.78 Å². The van der Waals surface area contributed by atoms with Crippen molar-refractivity contribution in [3.05, 3.63) is 69.2 Å². The maximum absolute atomic E-state index is 13.8. The third-order valence-corrected chi connectivity index (χ3v) is 3.78. The monoisotopic (exact) mass is 315 g/mol. The van der Waals surface area contributed by atoms with Crippen LogP contribution in [0, 0.1) is 11.6 Å². The van der Waals surface area contributed by atoms with E-state index in [1.165, 1.54) is 12.1 Å². The lowest BCUT2D eigenvalue weighted by Crippen LogP contribution is -2.20. The third kappa shape index (κ3) is 3.29. The molecule has 0 amide bonds. The topological polar surface area (TPSA) is 12.0 Å². The summed E-state index contributed by atoms with van der Waals surface area (Å²) in [6, 6.07) is 8.82. The van der Waals surface area contributed by atoms with Crippen LogP contribution in [-0.4, -0.2) is 7.05 Å². The van der Waals surface area contributed by atoms with Crippen LogP contribution >= 0.6 is 23.2 Å². The molecule has 1 N–H and O–H groups in total. The molecule has 0 saturated carbocycles. The van der Waals surface area contributed by atoms with Gasteiger partial charge in [0, 0.05) is 11.1 Å². The summed E-state index contributed by atoms with van der Waals surface area (Å²) in [6.45, 7) is 0. The van der Waals surface area contributed by atoms with E-state index in [0.717, 1.165) is 0 Å². The van der Waals surface area contributed by atoms with Gasteiger partial charge in [-0.05, 0) is 42.8 Å². The van der Waals surface area contributed by atoms with Crippen LogP contribution in [0.5, 0.6) is 0 Å². The summed E-state index contributed by atoms with van der Waals surface area (Å²) in [4.78, 5) is 0. The van der Waals surface area contributed by atoms with Crippen molar-refractivity contribution in [3.63, 3.8) is 0 Å². The molecule has 5 heteroatoms. The molecule has 2 aromatic carbocycles.